The molecule has 0 radical (unpaired) electrons. The first kappa shape index (κ1) is 20.6. The van der Waals surface area contributed by atoms with Gasteiger partial charge in [-0.15, -0.1) is 0 Å². The van der Waals surface area contributed by atoms with Gasteiger partial charge in [0.05, 0.1) is 11.8 Å². The van der Waals surface area contributed by atoms with Crippen LogP contribution in [0, 0.1) is 5.92 Å². The molecule has 3 aromatic rings. The summed E-state index contributed by atoms with van der Waals surface area (Å²) in [6.07, 6.45) is 7.98. The quantitative estimate of drug-likeness (QED) is 0.696. The van der Waals surface area contributed by atoms with Crippen molar-refractivity contribution in [2.75, 3.05) is 31.3 Å². The zero-order chi connectivity index (χ0) is 20.6. The Balaban J connectivity index is 0.000000166. The van der Waals surface area contributed by atoms with E-state index in [1.165, 1.54) is 38.4 Å². The predicted molar refractivity (Wildman–Crippen MR) is 116 cm³/mol. The molecule has 29 heavy (non-hydrogen) atoms. The molecule has 1 fully saturated rings. The van der Waals surface area contributed by atoms with Crippen LogP contribution in [0.4, 0.5) is 11.8 Å². The standard InChI is InChI=1S/C12H17NO2.C10H12N4/c14-12(11-7-4-8-15-11)13-9-10-5-2-1-3-6-10;1-14(2)9-7-5-3-4-6-8(7)12-10(11)13-9/h4,7-8,10H,1-3,5-6,9H2,(H,13,14);3-6H,1-2H3,(H2,11,12,13). The number of anilines is 2. The number of hydrogen-bond acceptors (Lipinski definition) is 6. The minimum Gasteiger partial charge on any atom is -0.459 e. The fraction of sp³-hybridized carbons (Fsp3) is 0.409. The number of benzene rings is 1. The summed E-state index contributed by atoms with van der Waals surface area (Å²) < 4.78 is 5.02. The number of aromatic nitrogens is 2. The monoisotopic (exact) mass is 395 g/mol. The van der Waals surface area contributed by atoms with E-state index in [0.29, 0.717) is 17.6 Å². The number of nitrogen functional groups attached to an aromatic ring is 1. The number of nitrogens with two attached hydrogens (primary N) is 1. The maximum Gasteiger partial charge on any atom is 0.286 e. The normalized spacial score (nSPS) is 14.1. The number of para-hydroxylation sites is 1. The Kier molecular flexibility index (Phi) is 7.05. The summed E-state index contributed by atoms with van der Waals surface area (Å²) in [6.45, 7) is 0.791. The second kappa shape index (κ2) is 9.91. The maximum atomic E-state index is 11.5. The molecule has 4 rings (SSSR count). The van der Waals surface area contributed by atoms with Crippen molar-refractivity contribution in [3.63, 3.8) is 0 Å². The van der Waals surface area contributed by atoms with Crippen molar-refractivity contribution in [3.8, 4) is 0 Å². The molecule has 0 aliphatic heterocycles. The van der Waals surface area contributed by atoms with E-state index in [2.05, 4.69) is 15.3 Å². The lowest BCUT2D eigenvalue weighted by molar-refractivity contribution is 0.0916. The zero-order valence-corrected chi connectivity index (χ0v) is 17.1. The molecule has 7 nitrogen and oxygen atoms in total. The van der Waals surface area contributed by atoms with E-state index < -0.39 is 0 Å². The van der Waals surface area contributed by atoms with Crippen LogP contribution in [0.3, 0.4) is 0 Å². The van der Waals surface area contributed by atoms with E-state index in [9.17, 15) is 4.79 Å². The van der Waals surface area contributed by atoms with Crippen LogP contribution >= 0.6 is 0 Å². The molecule has 2 heterocycles. The first-order valence-corrected chi connectivity index (χ1v) is 10.1. The van der Waals surface area contributed by atoms with Crippen molar-refractivity contribution in [2.24, 2.45) is 5.92 Å². The molecular weight excluding hydrogens is 366 g/mol. The Morgan fingerprint density at radius 1 is 1.14 bits per heavy atom. The number of carbonyl (C=O) groups is 1. The van der Waals surface area contributed by atoms with E-state index >= 15 is 0 Å². The smallest absolute Gasteiger partial charge is 0.286 e. The highest BCUT2D eigenvalue weighted by Gasteiger charge is 2.15. The van der Waals surface area contributed by atoms with Crippen LogP contribution < -0.4 is 16.0 Å². The molecule has 7 heteroatoms. The number of nitrogens with one attached hydrogen (secondary N) is 1. The van der Waals surface area contributed by atoms with Gasteiger partial charge < -0.3 is 20.4 Å². The molecule has 0 saturated heterocycles. The van der Waals surface area contributed by atoms with E-state index in [4.69, 9.17) is 10.2 Å². The summed E-state index contributed by atoms with van der Waals surface area (Å²) >= 11 is 0. The second-order valence-electron chi connectivity index (χ2n) is 7.51. The number of nitrogens with zero attached hydrogens (tertiary/aromatic N) is 3. The fourth-order valence-corrected chi connectivity index (χ4v) is 3.54. The Hall–Kier alpha value is -3.09. The van der Waals surface area contributed by atoms with Crippen molar-refractivity contribution < 1.29 is 9.21 Å². The molecule has 1 aromatic carbocycles. The van der Waals surface area contributed by atoms with Crippen molar-refractivity contribution in [1.29, 1.82) is 0 Å². The van der Waals surface area contributed by atoms with E-state index in [0.717, 1.165) is 23.3 Å². The molecule has 2 aromatic heterocycles. The molecule has 1 aliphatic rings. The third kappa shape index (κ3) is 5.70. The van der Waals surface area contributed by atoms with Gasteiger partial charge in [0.1, 0.15) is 5.82 Å². The van der Waals surface area contributed by atoms with Gasteiger partial charge in [-0.05, 0) is 43.0 Å². The molecule has 1 saturated carbocycles. The number of rotatable bonds is 4. The van der Waals surface area contributed by atoms with Gasteiger partial charge in [-0.1, -0.05) is 31.4 Å². The van der Waals surface area contributed by atoms with Crippen molar-refractivity contribution in [2.45, 2.75) is 32.1 Å². The van der Waals surface area contributed by atoms with Gasteiger partial charge in [-0.3, -0.25) is 4.79 Å². The van der Waals surface area contributed by atoms with Crippen molar-refractivity contribution in [1.82, 2.24) is 15.3 Å². The van der Waals surface area contributed by atoms with Crippen LogP contribution in [0.15, 0.2) is 47.1 Å². The Bertz CT molecular complexity index is 918. The minimum absolute atomic E-state index is 0.0921. The molecule has 0 spiro atoms. The zero-order valence-electron chi connectivity index (χ0n) is 17.1. The van der Waals surface area contributed by atoms with Crippen molar-refractivity contribution >= 4 is 28.6 Å². The topological polar surface area (TPSA) is 97.3 Å². The van der Waals surface area contributed by atoms with Crippen LogP contribution in [0.1, 0.15) is 42.7 Å². The van der Waals surface area contributed by atoms with Gasteiger partial charge in [-0.25, -0.2) is 4.98 Å². The molecule has 0 atom stereocenters. The minimum atomic E-state index is -0.0921. The van der Waals surface area contributed by atoms with E-state index in [1.807, 2.05) is 43.3 Å². The van der Waals surface area contributed by atoms with Crippen LogP contribution in [0.2, 0.25) is 0 Å². The number of furan rings is 1. The number of hydrogen-bond donors (Lipinski definition) is 2. The Labute approximate surface area is 171 Å². The summed E-state index contributed by atoms with van der Waals surface area (Å²) in [5.41, 5.74) is 6.49. The number of amides is 1. The SMILES string of the molecule is CN(C)c1nc(N)nc2ccccc12.O=C(NCC1CCCCC1)c1ccco1. The lowest BCUT2D eigenvalue weighted by atomic mass is 9.89. The largest absolute Gasteiger partial charge is 0.459 e. The van der Waals surface area contributed by atoms with Crippen LogP contribution in [-0.4, -0.2) is 36.5 Å². The highest BCUT2D eigenvalue weighted by Crippen LogP contribution is 2.23. The Morgan fingerprint density at radius 3 is 2.59 bits per heavy atom. The lowest BCUT2D eigenvalue weighted by Crippen LogP contribution is -2.29. The summed E-state index contributed by atoms with van der Waals surface area (Å²) in [6, 6.07) is 11.2. The lowest BCUT2D eigenvalue weighted by Gasteiger charge is -2.21. The average Bonchev–Trinajstić information content (AvgIpc) is 3.27. The number of fused-ring (bicyclic) bond motifs is 1. The van der Waals surface area contributed by atoms with Crippen LogP contribution in [0.5, 0.6) is 0 Å². The summed E-state index contributed by atoms with van der Waals surface area (Å²) in [5, 5.41) is 3.94. The Morgan fingerprint density at radius 2 is 1.90 bits per heavy atom. The van der Waals surface area contributed by atoms with Gasteiger partial charge in [0.2, 0.25) is 5.95 Å². The molecule has 154 valence electrons. The highest BCUT2D eigenvalue weighted by atomic mass is 16.3. The number of carbonyl (C=O) groups excluding carboxylic acids is 1. The fourth-order valence-electron chi connectivity index (χ4n) is 3.54. The van der Waals surface area contributed by atoms with E-state index in [1.54, 1.807) is 12.1 Å². The van der Waals surface area contributed by atoms with Crippen LogP contribution in [-0.2, 0) is 0 Å². The van der Waals surface area contributed by atoms with Crippen molar-refractivity contribution in [3.05, 3.63) is 48.4 Å². The summed E-state index contributed by atoms with van der Waals surface area (Å²) in [4.78, 5) is 21.8. The second-order valence-corrected chi connectivity index (χ2v) is 7.51. The summed E-state index contributed by atoms with van der Waals surface area (Å²) in [7, 11) is 3.88. The molecule has 1 aliphatic carbocycles. The first-order valence-electron chi connectivity index (χ1n) is 10.1. The van der Waals surface area contributed by atoms with Crippen LogP contribution in [0.25, 0.3) is 10.9 Å². The van der Waals surface area contributed by atoms with Gasteiger partial charge >= 0.3 is 0 Å². The van der Waals surface area contributed by atoms with Gasteiger partial charge in [0.25, 0.3) is 5.91 Å². The van der Waals surface area contributed by atoms with Gasteiger partial charge in [-0.2, -0.15) is 4.98 Å². The van der Waals surface area contributed by atoms with E-state index in [-0.39, 0.29) is 5.91 Å². The third-order valence-electron chi connectivity index (χ3n) is 5.05. The molecule has 0 unspecified atom stereocenters. The van der Waals surface area contributed by atoms with Gasteiger partial charge in [0, 0.05) is 26.0 Å². The molecule has 1 amide bonds. The highest BCUT2D eigenvalue weighted by molar-refractivity contribution is 5.91. The molecule has 3 N–H and O–H groups in total. The first-order chi connectivity index (χ1) is 14.0. The third-order valence-corrected chi connectivity index (χ3v) is 5.05. The summed E-state index contributed by atoms with van der Waals surface area (Å²) in [5.74, 6) is 2.15. The predicted octanol–water partition coefficient (Wildman–Crippen LogP) is 3.87. The molecular formula is C22H29N5O2. The van der Waals surface area contributed by atoms with Gasteiger partial charge in [0.15, 0.2) is 5.76 Å². The molecule has 0 bridgehead atoms. The average molecular weight is 396 g/mol. The maximum absolute atomic E-state index is 11.5.